The normalized spacial score (nSPS) is 28.0. The van der Waals surface area contributed by atoms with Gasteiger partial charge in [0.2, 0.25) is 11.8 Å². The zero-order valence-corrected chi connectivity index (χ0v) is 13.8. The second kappa shape index (κ2) is 6.11. The molecule has 2 atom stereocenters. The predicted molar refractivity (Wildman–Crippen MR) is 87.0 cm³/mol. The van der Waals surface area contributed by atoms with Crippen LogP contribution in [-0.4, -0.2) is 53.5 Å². The van der Waals surface area contributed by atoms with E-state index < -0.39 is 0 Å². The van der Waals surface area contributed by atoms with Crippen LogP contribution in [0.5, 0.6) is 5.88 Å². The van der Waals surface area contributed by atoms with Gasteiger partial charge in [0.1, 0.15) is 0 Å². The fourth-order valence-corrected chi connectivity index (χ4v) is 3.96. The minimum Gasteiger partial charge on any atom is -0.481 e. The summed E-state index contributed by atoms with van der Waals surface area (Å²) in [6.45, 7) is 3.70. The Morgan fingerprint density at radius 3 is 2.96 bits per heavy atom. The molecule has 4 rings (SSSR count). The van der Waals surface area contributed by atoms with Crippen molar-refractivity contribution in [2.24, 2.45) is 11.8 Å². The highest BCUT2D eigenvalue weighted by molar-refractivity contribution is 5.83. The van der Waals surface area contributed by atoms with Gasteiger partial charge in [0.15, 0.2) is 0 Å². The molecule has 0 aromatic carbocycles. The Morgan fingerprint density at radius 2 is 2.17 bits per heavy atom. The van der Waals surface area contributed by atoms with Gasteiger partial charge in [-0.1, -0.05) is 6.07 Å². The van der Waals surface area contributed by atoms with Crippen LogP contribution in [0.2, 0.25) is 0 Å². The van der Waals surface area contributed by atoms with E-state index in [2.05, 4.69) is 14.8 Å². The van der Waals surface area contributed by atoms with E-state index in [1.165, 1.54) is 19.3 Å². The van der Waals surface area contributed by atoms with Gasteiger partial charge in [0.25, 0.3) is 0 Å². The molecule has 23 heavy (non-hydrogen) atoms. The zero-order chi connectivity index (χ0) is 15.8. The number of likely N-dealkylation sites (tertiary alicyclic amines) is 2. The summed E-state index contributed by atoms with van der Waals surface area (Å²) in [5.41, 5.74) is 0.981. The van der Waals surface area contributed by atoms with Crippen LogP contribution >= 0.6 is 0 Å². The first kappa shape index (κ1) is 14.9. The fourth-order valence-electron chi connectivity index (χ4n) is 3.96. The van der Waals surface area contributed by atoms with Crippen LogP contribution in [0, 0.1) is 11.8 Å². The second-order valence-electron chi connectivity index (χ2n) is 7.23. The van der Waals surface area contributed by atoms with Gasteiger partial charge in [-0.15, -0.1) is 0 Å². The molecule has 124 valence electrons. The second-order valence-corrected chi connectivity index (χ2v) is 7.23. The maximum Gasteiger partial charge on any atom is 0.239 e. The molecular weight excluding hydrogens is 290 g/mol. The number of fused-ring (bicyclic) bond motifs is 2. The molecule has 0 radical (unpaired) electrons. The largest absolute Gasteiger partial charge is 0.481 e. The number of methoxy groups -OCH3 is 1. The summed E-state index contributed by atoms with van der Waals surface area (Å²) < 4.78 is 5.21. The van der Waals surface area contributed by atoms with Gasteiger partial charge in [-0.2, -0.15) is 0 Å². The third kappa shape index (κ3) is 3.20. The first-order chi connectivity index (χ1) is 11.2. The lowest BCUT2D eigenvalue weighted by molar-refractivity contribution is -0.146. The van der Waals surface area contributed by atoms with E-state index >= 15 is 0 Å². The Morgan fingerprint density at radius 1 is 1.30 bits per heavy atom. The molecule has 0 unspecified atom stereocenters. The Labute approximate surface area is 137 Å². The number of nitrogens with zero attached hydrogens (tertiary/aromatic N) is 3. The topological polar surface area (TPSA) is 45.7 Å². The van der Waals surface area contributed by atoms with Crippen molar-refractivity contribution < 1.29 is 9.53 Å². The van der Waals surface area contributed by atoms with E-state index in [1.54, 1.807) is 7.11 Å². The molecule has 1 saturated carbocycles. The highest BCUT2D eigenvalue weighted by atomic mass is 16.5. The SMILES string of the molecule is COc1cccc(CN2CC[C@H]3C[C@@H]2C(=O)N(CC2CC2)C3)n1. The molecule has 2 aliphatic heterocycles. The summed E-state index contributed by atoms with van der Waals surface area (Å²) in [5.74, 6) is 2.44. The number of amides is 1. The number of rotatable bonds is 5. The Kier molecular flexibility index (Phi) is 3.97. The number of ether oxygens (including phenoxy) is 1. The van der Waals surface area contributed by atoms with E-state index in [-0.39, 0.29) is 6.04 Å². The number of hydrogen-bond acceptors (Lipinski definition) is 4. The van der Waals surface area contributed by atoms with Crippen LogP contribution in [0.3, 0.4) is 0 Å². The Bertz CT molecular complexity index is 587. The molecule has 2 bridgehead atoms. The van der Waals surface area contributed by atoms with Crippen molar-refractivity contribution in [2.45, 2.75) is 38.3 Å². The maximum atomic E-state index is 12.9. The lowest BCUT2D eigenvalue weighted by atomic mass is 9.85. The summed E-state index contributed by atoms with van der Waals surface area (Å²) >= 11 is 0. The molecular formula is C18H25N3O2. The van der Waals surface area contributed by atoms with Crippen molar-refractivity contribution in [3.05, 3.63) is 23.9 Å². The molecule has 3 heterocycles. The molecule has 1 amide bonds. The minimum atomic E-state index is 0.0502. The number of carbonyl (C=O) groups excluding carboxylic acids is 1. The highest BCUT2D eigenvalue weighted by Gasteiger charge is 2.42. The summed E-state index contributed by atoms with van der Waals surface area (Å²) in [4.78, 5) is 21.8. The molecule has 5 heteroatoms. The lowest BCUT2D eigenvalue weighted by Gasteiger charge is -2.46. The number of aromatic nitrogens is 1. The van der Waals surface area contributed by atoms with Gasteiger partial charge >= 0.3 is 0 Å². The fraction of sp³-hybridized carbons (Fsp3) is 0.667. The van der Waals surface area contributed by atoms with Crippen LogP contribution in [0.15, 0.2) is 18.2 Å². The van der Waals surface area contributed by atoms with Crippen LogP contribution in [0.4, 0.5) is 0 Å². The van der Waals surface area contributed by atoms with Gasteiger partial charge in [0, 0.05) is 25.7 Å². The van der Waals surface area contributed by atoms with Crippen molar-refractivity contribution in [1.82, 2.24) is 14.8 Å². The van der Waals surface area contributed by atoms with Gasteiger partial charge in [0.05, 0.1) is 18.8 Å². The summed E-state index contributed by atoms with van der Waals surface area (Å²) in [7, 11) is 1.64. The minimum absolute atomic E-state index is 0.0502. The van der Waals surface area contributed by atoms with E-state index in [1.807, 2.05) is 18.2 Å². The van der Waals surface area contributed by atoms with Crippen LogP contribution < -0.4 is 4.74 Å². The average molecular weight is 315 g/mol. The van der Waals surface area contributed by atoms with E-state index in [0.717, 1.165) is 44.2 Å². The summed E-state index contributed by atoms with van der Waals surface area (Å²) in [6.07, 6.45) is 4.81. The first-order valence-electron chi connectivity index (χ1n) is 8.75. The van der Waals surface area contributed by atoms with Crippen molar-refractivity contribution >= 4 is 5.91 Å². The monoisotopic (exact) mass is 315 g/mol. The number of pyridine rings is 1. The van der Waals surface area contributed by atoms with E-state index in [4.69, 9.17) is 4.74 Å². The standard InChI is InChI=1S/C18H25N3O2/c1-23-17-4-2-3-15(19-17)12-20-8-7-14-9-16(20)18(22)21(11-14)10-13-5-6-13/h2-4,13-14,16H,5-12H2,1H3/t14-,16+/m0/s1. The van der Waals surface area contributed by atoms with Gasteiger partial charge < -0.3 is 9.64 Å². The van der Waals surface area contributed by atoms with Gasteiger partial charge in [-0.25, -0.2) is 4.98 Å². The molecule has 1 aromatic heterocycles. The molecule has 1 aliphatic carbocycles. The molecule has 0 spiro atoms. The number of carbonyl (C=O) groups is 1. The zero-order valence-electron chi connectivity index (χ0n) is 13.8. The van der Waals surface area contributed by atoms with Crippen LogP contribution in [0.1, 0.15) is 31.4 Å². The number of piperidine rings is 2. The van der Waals surface area contributed by atoms with Crippen molar-refractivity contribution in [3.63, 3.8) is 0 Å². The number of hydrogen-bond donors (Lipinski definition) is 0. The van der Waals surface area contributed by atoms with Gasteiger partial charge in [-0.3, -0.25) is 9.69 Å². The highest BCUT2D eigenvalue weighted by Crippen LogP contribution is 2.35. The molecule has 3 fully saturated rings. The van der Waals surface area contributed by atoms with E-state index in [9.17, 15) is 4.79 Å². The van der Waals surface area contributed by atoms with Crippen molar-refractivity contribution in [2.75, 3.05) is 26.7 Å². The predicted octanol–water partition coefficient (Wildman–Crippen LogP) is 1.92. The first-order valence-corrected chi connectivity index (χ1v) is 8.75. The average Bonchev–Trinajstić information content (AvgIpc) is 3.38. The van der Waals surface area contributed by atoms with Crippen LogP contribution in [0.25, 0.3) is 0 Å². The molecule has 2 saturated heterocycles. The third-order valence-electron chi connectivity index (χ3n) is 5.43. The smallest absolute Gasteiger partial charge is 0.239 e. The maximum absolute atomic E-state index is 12.9. The third-order valence-corrected chi connectivity index (χ3v) is 5.43. The molecule has 5 nitrogen and oxygen atoms in total. The van der Waals surface area contributed by atoms with Crippen molar-refractivity contribution in [3.8, 4) is 5.88 Å². The molecule has 3 aliphatic rings. The van der Waals surface area contributed by atoms with E-state index in [0.29, 0.717) is 17.7 Å². The Balaban J connectivity index is 1.47. The molecule has 1 aromatic rings. The lowest BCUT2D eigenvalue weighted by Crippen LogP contribution is -2.58. The summed E-state index contributed by atoms with van der Waals surface area (Å²) in [5, 5.41) is 0. The van der Waals surface area contributed by atoms with Crippen molar-refractivity contribution in [1.29, 1.82) is 0 Å². The quantitative estimate of drug-likeness (QED) is 0.833. The van der Waals surface area contributed by atoms with Gasteiger partial charge in [-0.05, 0) is 50.1 Å². The summed E-state index contributed by atoms with van der Waals surface area (Å²) in [6, 6.07) is 5.90. The molecule has 0 N–H and O–H groups in total. The van der Waals surface area contributed by atoms with Crippen LogP contribution in [-0.2, 0) is 11.3 Å². The Hall–Kier alpha value is -1.62.